The zero-order valence-electron chi connectivity index (χ0n) is 21.3. The van der Waals surface area contributed by atoms with Crippen molar-refractivity contribution in [3.8, 4) is 17.2 Å². The van der Waals surface area contributed by atoms with E-state index in [-0.39, 0.29) is 0 Å². The van der Waals surface area contributed by atoms with Gasteiger partial charge >= 0.3 is 0 Å². The highest BCUT2D eigenvalue weighted by molar-refractivity contribution is 5.93. The molecule has 7 rings (SSSR count). The molecule has 0 aromatic heterocycles. The number of hydrogen-bond donors (Lipinski definition) is 0. The molecule has 0 amide bonds. The Labute approximate surface area is 227 Å². The summed E-state index contributed by atoms with van der Waals surface area (Å²) >= 11 is 0. The molecule has 0 aliphatic rings. The van der Waals surface area contributed by atoms with Crippen LogP contribution in [0.2, 0.25) is 0 Å². The molecule has 0 fully saturated rings. The normalized spacial score (nSPS) is 11.1. The van der Waals surface area contributed by atoms with Crippen molar-refractivity contribution in [2.45, 2.75) is 0 Å². The lowest BCUT2D eigenvalue weighted by Crippen LogP contribution is -2.09. The molecule has 0 saturated carbocycles. The zero-order valence-corrected chi connectivity index (χ0v) is 21.3. The monoisotopic (exact) mass is 496 g/mol. The van der Waals surface area contributed by atoms with Crippen molar-refractivity contribution in [1.29, 1.82) is 5.26 Å². The maximum atomic E-state index is 9.22. The first kappa shape index (κ1) is 22.8. The van der Waals surface area contributed by atoms with Crippen LogP contribution in [0.3, 0.4) is 0 Å². The maximum absolute atomic E-state index is 9.22. The average molecular weight is 497 g/mol. The fourth-order valence-electron chi connectivity index (χ4n) is 5.38. The standard InChI is InChI=1S/C37H24N2/c38-25-26-9-10-34-22-33(12-11-32(34)21-26)29-13-17-35(18-14-29)39(36-19-15-27-5-1-3-7-30(27)23-36)37-20-16-28-6-2-4-8-31(28)24-37/h1-24H. The smallest absolute Gasteiger partial charge is 0.0991 e. The van der Waals surface area contributed by atoms with Gasteiger partial charge in [-0.15, -0.1) is 0 Å². The fourth-order valence-corrected chi connectivity index (χ4v) is 5.38. The van der Waals surface area contributed by atoms with Crippen LogP contribution < -0.4 is 4.90 Å². The minimum atomic E-state index is 0.682. The molecule has 2 nitrogen and oxygen atoms in total. The number of rotatable bonds is 4. The highest BCUT2D eigenvalue weighted by Gasteiger charge is 2.14. The topological polar surface area (TPSA) is 27.0 Å². The Hall–Kier alpha value is -5.39. The van der Waals surface area contributed by atoms with Crippen molar-refractivity contribution < 1.29 is 0 Å². The lowest BCUT2D eigenvalue weighted by Gasteiger charge is -2.26. The SMILES string of the molecule is N#Cc1ccc2cc(-c3ccc(N(c4ccc5ccccc5c4)c4ccc5ccccc5c4)cc3)ccc2c1. The Bertz CT molecular complexity index is 1950. The van der Waals surface area contributed by atoms with E-state index in [0.717, 1.165) is 39.0 Å². The highest BCUT2D eigenvalue weighted by atomic mass is 15.1. The third kappa shape index (κ3) is 4.27. The molecular weight excluding hydrogens is 472 g/mol. The second-order valence-corrected chi connectivity index (χ2v) is 9.83. The molecule has 7 aromatic carbocycles. The first-order valence-corrected chi connectivity index (χ1v) is 13.1. The Morgan fingerprint density at radius 2 is 0.846 bits per heavy atom. The minimum absolute atomic E-state index is 0.682. The lowest BCUT2D eigenvalue weighted by molar-refractivity contribution is 1.29. The molecule has 0 heterocycles. The van der Waals surface area contributed by atoms with Gasteiger partial charge in [0.1, 0.15) is 0 Å². The van der Waals surface area contributed by atoms with Crippen molar-refractivity contribution in [3.63, 3.8) is 0 Å². The predicted octanol–water partition coefficient (Wildman–Crippen LogP) is 10.2. The van der Waals surface area contributed by atoms with Gasteiger partial charge < -0.3 is 4.90 Å². The summed E-state index contributed by atoms with van der Waals surface area (Å²) < 4.78 is 0. The number of nitriles is 1. The number of benzene rings is 7. The van der Waals surface area contributed by atoms with Crippen LogP contribution in [0.5, 0.6) is 0 Å². The van der Waals surface area contributed by atoms with Gasteiger partial charge in [-0.25, -0.2) is 0 Å². The van der Waals surface area contributed by atoms with Crippen LogP contribution >= 0.6 is 0 Å². The minimum Gasteiger partial charge on any atom is -0.310 e. The molecule has 0 bridgehead atoms. The average Bonchev–Trinajstić information content (AvgIpc) is 3.01. The molecule has 0 atom stereocenters. The molecule has 0 aliphatic heterocycles. The largest absolute Gasteiger partial charge is 0.310 e. The molecule has 39 heavy (non-hydrogen) atoms. The summed E-state index contributed by atoms with van der Waals surface area (Å²) in [5.74, 6) is 0. The summed E-state index contributed by atoms with van der Waals surface area (Å²) in [6.45, 7) is 0. The molecule has 0 unspecified atom stereocenters. The summed E-state index contributed by atoms with van der Waals surface area (Å²) in [5, 5.41) is 16.3. The van der Waals surface area contributed by atoms with E-state index in [0.29, 0.717) is 5.56 Å². The van der Waals surface area contributed by atoms with Gasteiger partial charge in [-0.3, -0.25) is 0 Å². The van der Waals surface area contributed by atoms with Crippen LogP contribution in [0.25, 0.3) is 43.4 Å². The van der Waals surface area contributed by atoms with Crippen LogP contribution in [0, 0.1) is 11.3 Å². The van der Waals surface area contributed by atoms with Crippen LogP contribution in [-0.4, -0.2) is 0 Å². The van der Waals surface area contributed by atoms with Crippen molar-refractivity contribution in [2.24, 2.45) is 0 Å². The molecule has 0 N–H and O–H groups in total. The second-order valence-electron chi connectivity index (χ2n) is 9.83. The van der Waals surface area contributed by atoms with Gasteiger partial charge in [-0.1, -0.05) is 91.0 Å². The van der Waals surface area contributed by atoms with E-state index in [1.54, 1.807) is 0 Å². The van der Waals surface area contributed by atoms with Gasteiger partial charge in [-0.2, -0.15) is 5.26 Å². The van der Waals surface area contributed by atoms with Gasteiger partial charge in [0.05, 0.1) is 11.6 Å². The van der Waals surface area contributed by atoms with Crippen molar-refractivity contribution in [1.82, 2.24) is 0 Å². The molecule has 0 spiro atoms. The van der Waals surface area contributed by atoms with Crippen LogP contribution in [0.4, 0.5) is 17.1 Å². The van der Waals surface area contributed by atoms with Gasteiger partial charge in [0, 0.05) is 17.1 Å². The third-order valence-corrected chi connectivity index (χ3v) is 7.41. The van der Waals surface area contributed by atoms with Crippen LogP contribution in [0.15, 0.2) is 146 Å². The number of fused-ring (bicyclic) bond motifs is 3. The second kappa shape index (κ2) is 9.49. The molecule has 7 aromatic rings. The van der Waals surface area contributed by atoms with E-state index < -0.39 is 0 Å². The molecule has 182 valence electrons. The summed E-state index contributed by atoms with van der Waals surface area (Å²) in [5.41, 5.74) is 6.33. The van der Waals surface area contributed by atoms with Crippen LogP contribution in [0.1, 0.15) is 5.56 Å². The zero-order chi connectivity index (χ0) is 26.2. The number of anilines is 3. The molecular formula is C37H24N2. The van der Waals surface area contributed by atoms with E-state index in [9.17, 15) is 5.26 Å². The van der Waals surface area contributed by atoms with E-state index in [4.69, 9.17) is 0 Å². The lowest BCUT2D eigenvalue weighted by atomic mass is 9.99. The third-order valence-electron chi connectivity index (χ3n) is 7.41. The Kier molecular flexibility index (Phi) is 5.54. The van der Waals surface area contributed by atoms with Gasteiger partial charge in [0.25, 0.3) is 0 Å². The van der Waals surface area contributed by atoms with E-state index in [1.165, 1.54) is 21.5 Å². The van der Waals surface area contributed by atoms with E-state index in [2.05, 4.69) is 138 Å². The fraction of sp³-hybridized carbons (Fsp3) is 0. The first-order valence-electron chi connectivity index (χ1n) is 13.1. The van der Waals surface area contributed by atoms with Gasteiger partial charge in [-0.05, 0) is 98.0 Å². The summed E-state index contributed by atoms with van der Waals surface area (Å²) in [6, 6.07) is 53.5. The molecule has 2 heteroatoms. The number of nitrogens with zero attached hydrogens (tertiary/aromatic N) is 2. The Morgan fingerprint density at radius 1 is 0.385 bits per heavy atom. The summed E-state index contributed by atoms with van der Waals surface area (Å²) in [6.07, 6.45) is 0. The number of hydrogen-bond acceptors (Lipinski definition) is 2. The van der Waals surface area contributed by atoms with Gasteiger partial charge in [0.2, 0.25) is 0 Å². The van der Waals surface area contributed by atoms with Crippen molar-refractivity contribution in [2.75, 3.05) is 4.90 Å². The molecule has 0 saturated heterocycles. The van der Waals surface area contributed by atoms with Crippen molar-refractivity contribution >= 4 is 49.4 Å². The Morgan fingerprint density at radius 3 is 1.46 bits per heavy atom. The predicted molar refractivity (Wildman–Crippen MR) is 164 cm³/mol. The van der Waals surface area contributed by atoms with E-state index in [1.807, 2.05) is 18.2 Å². The van der Waals surface area contributed by atoms with Gasteiger partial charge in [0.15, 0.2) is 0 Å². The molecule has 0 radical (unpaired) electrons. The first-order chi connectivity index (χ1) is 19.2. The Balaban J connectivity index is 1.32. The van der Waals surface area contributed by atoms with E-state index >= 15 is 0 Å². The highest BCUT2D eigenvalue weighted by Crippen LogP contribution is 2.38. The summed E-state index contributed by atoms with van der Waals surface area (Å²) in [7, 11) is 0. The summed E-state index contributed by atoms with van der Waals surface area (Å²) in [4.78, 5) is 2.33. The molecule has 0 aliphatic carbocycles. The van der Waals surface area contributed by atoms with Crippen molar-refractivity contribution in [3.05, 3.63) is 151 Å². The maximum Gasteiger partial charge on any atom is 0.0991 e. The van der Waals surface area contributed by atoms with Crippen LogP contribution in [-0.2, 0) is 0 Å². The quantitative estimate of drug-likeness (QED) is 0.242.